The van der Waals surface area contributed by atoms with E-state index in [1.165, 1.54) is 32.1 Å². The summed E-state index contributed by atoms with van der Waals surface area (Å²) >= 11 is 0. The summed E-state index contributed by atoms with van der Waals surface area (Å²) in [5.74, 6) is 0. The molecule has 1 N–H and O–H groups in total. The van der Waals surface area contributed by atoms with E-state index in [0.29, 0.717) is 12.1 Å². The minimum Gasteiger partial charge on any atom is -0.432 e. The van der Waals surface area contributed by atoms with Crippen LogP contribution >= 0.6 is 0 Å². The van der Waals surface area contributed by atoms with E-state index in [1.807, 2.05) is 0 Å². The van der Waals surface area contributed by atoms with E-state index >= 15 is 0 Å². The zero-order chi connectivity index (χ0) is 13.7. The van der Waals surface area contributed by atoms with Crippen LogP contribution < -0.4 is 10.2 Å². The van der Waals surface area contributed by atoms with Gasteiger partial charge in [-0.15, -0.1) is 0 Å². The smallest absolute Gasteiger partial charge is 0.297 e. The molecule has 1 fully saturated rings. The van der Waals surface area contributed by atoms with Gasteiger partial charge in [-0.1, -0.05) is 33.1 Å². The molecule has 0 bridgehead atoms. The summed E-state index contributed by atoms with van der Waals surface area (Å²) in [7, 11) is 0. The average Bonchev–Trinajstić information content (AvgIpc) is 2.87. The second-order valence-electron chi connectivity index (χ2n) is 5.73. The molecule has 0 amide bonds. The zero-order valence-electron chi connectivity index (χ0n) is 12.5. The monoisotopic (exact) mass is 265 g/mol. The number of nitrogens with zero attached hydrogens (tertiary/aromatic N) is 2. The Kier molecular flexibility index (Phi) is 5.25. The first-order valence-electron chi connectivity index (χ1n) is 7.65. The van der Waals surface area contributed by atoms with Gasteiger partial charge >= 0.3 is 0 Å². The standard InChI is InChI=1S/C15H27N3O/c1-4-18(14-8-6-5-7-9-14)15-17-13(11-19-15)10-16-12(2)3/h11-12,14,16H,4-10H2,1-3H3. The van der Waals surface area contributed by atoms with Crippen molar-refractivity contribution in [3.63, 3.8) is 0 Å². The lowest BCUT2D eigenvalue weighted by Crippen LogP contribution is -2.37. The zero-order valence-corrected chi connectivity index (χ0v) is 12.5. The van der Waals surface area contributed by atoms with Gasteiger partial charge in [-0.2, -0.15) is 4.98 Å². The van der Waals surface area contributed by atoms with Crippen molar-refractivity contribution in [1.29, 1.82) is 0 Å². The highest BCUT2D eigenvalue weighted by Gasteiger charge is 2.23. The molecule has 4 heteroatoms. The van der Waals surface area contributed by atoms with E-state index in [4.69, 9.17) is 4.42 Å². The topological polar surface area (TPSA) is 41.3 Å². The lowest BCUT2D eigenvalue weighted by molar-refractivity contribution is 0.394. The highest BCUT2D eigenvalue weighted by molar-refractivity contribution is 5.29. The van der Waals surface area contributed by atoms with Crippen LogP contribution in [0, 0.1) is 0 Å². The molecule has 108 valence electrons. The number of nitrogens with one attached hydrogen (secondary N) is 1. The maximum Gasteiger partial charge on any atom is 0.297 e. The Morgan fingerprint density at radius 2 is 2.11 bits per heavy atom. The number of rotatable bonds is 6. The van der Waals surface area contributed by atoms with E-state index in [1.54, 1.807) is 6.26 Å². The summed E-state index contributed by atoms with van der Waals surface area (Å²) in [6.07, 6.45) is 8.39. The molecule has 0 aliphatic heterocycles. The first kappa shape index (κ1) is 14.4. The van der Waals surface area contributed by atoms with Crippen molar-refractivity contribution < 1.29 is 4.42 Å². The number of hydrogen-bond acceptors (Lipinski definition) is 4. The molecule has 0 atom stereocenters. The fraction of sp³-hybridized carbons (Fsp3) is 0.800. The summed E-state index contributed by atoms with van der Waals surface area (Å²) < 4.78 is 5.68. The molecular formula is C15H27N3O. The first-order chi connectivity index (χ1) is 9.20. The lowest BCUT2D eigenvalue weighted by Gasteiger charge is -2.32. The molecule has 1 aliphatic carbocycles. The summed E-state index contributed by atoms with van der Waals surface area (Å²) in [6, 6.07) is 1.89. The van der Waals surface area contributed by atoms with Crippen molar-refractivity contribution in [2.24, 2.45) is 0 Å². The lowest BCUT2D eigenvalue weighted by atomic mass is 9.94. The van der Waals surface area contributed by atoms with Crippen LogP contribution in [0.5, 0.6) is 0 Å². The largest absolute Gasteiger partial charge is 0.432 e. The Hall–Kier alpha value is -1.03. The Bertz CT molecular complexity index is 369. The predicted octanol–water partition coefficient (Wildman–Crippen LogP) is 3.33. The fourth-order valence-corrected chi connectivity index (χ4v) is 2.76. The Morgan fingerprint density at radius 1 is 1.37 bits per heavy atom. The van der Waals surface area contributed by atoms with Crippen LogP contribution in [0.2, 0.25) is 0 Å². The van der Waals surface area contributed by atoms with Crippen molar-refractivity contribution in [2.45, 2.75) is 71.5 Å². The molecule has 1 heterocycles. The van der Waals surface area contributed by atoms with Crippen LogP contribution in [0.25, 0.3) is 0 Å². The van der Waals surface area contributed by atoms with Crippen molar-refractivity contribution >= 4 is 6.01 Å². The summed E-state index contributed by atoms with van der Waals surface area (Å²) in [5.41, 5.74) is 0.998. The van der Waals surface area contributed by atoms with Crippen molar-refractivity contribution in [2.75, 3.05) is 11.4 Å². The third-order valence-corrected chi connectivity index (χ3v) is 3.83. The minimum absolute atomic E-state index is 0.473. The highest BCUT2D eigenvalue weighted by atomic mass is 16.4. The van der Waals surface area contributed by atoms with E-state index in [0.717, 1.165) is 24.8 Å². The van der Waals surface area contributed by atoms with Gasteiger partial charge in [0.15, 0.2) is 0 Å². The maximum absolute atomic E-state index is 5.68. The van der Waals surface area contributed by atoms with Gasteiger partial charge in [0.1, 0.15) is 6.26 Å². The molecule has 1 aromatic rings. The highest BCUT2D eigenvalue weighted by Crippen LogP contribution is 2.26. The predicted molar refractivity (Wildman–Crippen MR) is 78.4 cm³/mol. The molecule has 0 unspecified atom stereocenters. The van der Waals surface area contributed by atoms with Crippen LogP contribution in [-0.2, 0) is 6.54 Å². The first-order valence-corrected chi connectivity index (χ1v) is 7.65. The molecular weight excluding hydrogens is 238 g/mol. The quantitative estimate of drug-likeness (QED) is 0.856. The van der Waals surface area contributed by atoms with Gasteiger partial charge in [0.25, 0.3) is 6.01 Å². The van der Waals surface area contributed by atoms with Crippen LogP contribution in [0.3, 0.4) is 0 Å². The summed E-state index contributed by atoms with van der Waals surface area (Å²) in [5, 5.41) is 3.37. The summed E-state index contributed by atoms with van der Waals surface area (Å²) in [6.45, 7) is 8.22. The number of aromatic nitrogens is 1. The maximum atomic E-state index is 5.68. The van der Waals surface area contributed by atoms with Gasteiger partial charge < -0.3 is 14.6 Å². The summed E-state index contributed by atoms with van der Waals surface area (Å²) in [4.78, 5) is 6.96. The number of oxazole rings is 1. The third kappa shape index (κ3) is 3.96. The molecule has 4 nitrogen and oxygen atoms in total. The second kappa shape index (κ2) is 6.94. The fourth-order valence-electron chi connectivity index (χ4n) is 2.76. The molecule has 0 aromatic carbocycles. The van der Waals surface area contributed by atoms with Crippen molar-refractivity contribution in [3.05, 3.63) is 12.0 Å². The molecule has 1 aromatic heterocycles. The van der Waals surface area contributed by atoms with E-state index in [-0.39, 0.29) is 0 Å². The average molecular weight is 265 g/mol. The van der Waals surface area contributed by atoms with Crippen molar-refractivity contribution in [1.82, 2.24) is 10.3 Å². The van der Waals surface area contributed by atoms with Gasteiger partial charge in [-0.3, -0.25) is 0 Å². The molecule has 0 radical (unpaired) electrons. The van der Waals surface area contributed by atoms with Gasteiger partial charge in [0, 0.05) is 25.2 Å². The number of hydrogen-bond donors (Lipinski definition) is 1. The Morgan fingerprint density at radius 3 is 2.74 bits per heavy atom. The van der Waals surface area contributed by atoms with Gasteiger partial charge in [-0.05, 0) is 19.8 Å². The normalized spacial score (nSPS) is 17.1. The van der Waals surface area contributed by atoms with Gasteiger partial charge in [-0.25, -0.2) is 0 Å². The second-order valence-corrected chi connectivity index (χ2v) is 5.73. The third-order valence-electron chi connectivity index (χ3n) is 3.83. The molecule has 0 saturated heterocycles. The van der Waals surface area contributed by atoms with Crippen molar-refractivity contribution in [3.8, 4) is 0 Å². The SMILES string of the molecule is CCN(c1nc(CNC(C)C)co1)C1CCCCC1. The molecule has 1 saturated carbocycles. The molecule has 1 aliphatic rings. The van der Waals surface area contributed by atoms with E-state index < -0.39 is 0 Å². The van der Waals surface area contributed by atoms with Crippen LogP contribution in [-0.4, -0.2) is 23.6 Å². The van der Waals surface area contributed by atoms with Crippen LogP contribution in [0.1, 0.15) is 58.6 Å². The van der Waals surface area contributed by atoms with Crippen LogP contribution in [0.15, 0.2) is 10.7 Å². The number of anilines is 1. The molecule has 19 heavy (non-hydrogen) atoms. The van der Waals surface area contributed by atoms with E-state index in [9.17, 15) is 0 Å². The Balaban J connectivity index is 1.98. The van der Waals surface area contributed by atoms with Gasteiger partial charge in [0.05, 0.1) is 5.69 Å². The van der Waals surface area contributed by atoms with Crippen LogP contribution in [0.4, 0.5) is 6.01 Å². The Labute approximate surface area is 116 Å². The van der Waals surface area contributed by atoms with Gasteiger partial charge in [0.2, 0.25) is 0 Å². The van der Waals surface area contributed by atoms with E-state index in [2.05, 4.69) is 36.0 Å². The molecule has 2 rings (SSSR count). The molecule has 0 spiro atoms. The minimum atomic E-state index is 0.473.